The fraction of sp³-hybridized carbons (Fsp3) is 0.364. The fourth-order valence-corrected chi connectivity index (χ4v) is 2.86. The predicted octanol–water partition coefficient (Wildman–Crippen LogP) is 4.51. The van der Waals surface area contributed by atoms with Crippen LogP contribution in [0.5, 0.6) is 11.5 Å². The highest BCUT2D eigenvalue weighted by atomic mass is 16.5. The van der Waals surface area contributed by atoms with Crippen molar-refractivity contribution in [1.29, 1.82) is 0 Å². The van der Waals surface area contributed by atoms with Crippen LogP contribution in [-0.4, -0.2) is 31.8 Å². The molecule has 154 valence electrons. The number of fused-ring (bicyclic) bond motifs is 1. The summed E-state index contributed by atoms with van der Waals surface area (Å²) in [5.74, 6) is 2.02. The normalized spacial score (nSPS) is 11.3. The van der Waals surface area contributed by atoms with Gasteiger partial charge in [0, 0.05) is 17.6 Å². The number of nitrogens with zero attached hydrogens (tertiary/aromatic N) is 1. The molecule has 1 aromatic heterocycles. The van der Waals surface area contributed by atoms with Gasteiger partial charge in [0.15, 0.2) is 17.1 Å². The number of urea groups is 1. The summed E-state index contributed by atoms with van der Waals surface area (Å²) >= 11 is 0. The van der Waals surface area contributed by atoms with Gasteiger partial charge in [0.2, 0.25) is 5.89 Å². The lowest BCUT2D eigenvalue weighted by atomic mass is 9.97. The Labute approximate surface area is 170 Å². The van der Waals surface area contributed by atoms with Crippen LogP contribution in [0, 0.1) is 0 Å². The molecule has 0 spiro atoms. The van der Waals surface area contributed by atoms with E-state index in [1.54, 1.807) is 20.3 Å². The summed E-state index contributed by atoms with van der Waals surface area (Å²) in [6.45, 7) is 6.62. The Morgan fingerprint density at radius 2 is 1.83 bits per heavy atom. The van der Waals surface area contributed by atoms with Gasteiger partial charge in [-0.25, -0.2) is 9.78 Å². The topological polar surface area (TPSA) is 85.6 Å². The lowest BCUT2D eigenvalue weighted by molar-refractivity contribution is 0.252. The van der Waals surface area contributed by atoms with E-state index < -0.39 is 0 Å². The Morgan fingerprint density at radius 3 is 2.52 bits per heavy atom. The second-order valence-corrected chi connectivity index (χ2v) is 7.77. The number of methoxy groups -OCH3 is 2. The van der Waals surface area contributed by atoms with Crippen molar-refractivity contribution in [2.24, 2.45) is 0 Å². The van der Waals surface area contributed by atoms with Crippen LogP contribution in [0.3, 0.4) is 0 Å². The first-order valence-corrected chi connectivity index (χ1v) is 9.47. The lowest BCUT2D eigenvalue weighted by Gasteiger charge is -2.11. The average Bonchev–Trinajstić information content (AvgIpc) is 3.11. The summed E-state index contributed by atoms with van der Waals surface area (Å²) in [6.07, 6.45) is 0.672. The van der Waals surface area contributed by atoms with Gasteiger partial charge in [-0.3, -0.25) is 0 Å². The number of carbonyl (C=O) groups is 1. The van der Waals surface area contributed by atoms with Crippen LogP contribution in [0.4, 0.5) is 10.5 Å². The van der Waals surface area contributed by atoms with Crippen molar-refractivity contribution in [1.82, 2.24) is 10.3 Å². The molecule has 2 amide bonds. The average molecular weight is 397 g/mol. The fourth-order valence-electron chi connectivity index (χ4n) is 2.86. The first kappa shape index (κ1) is 20.5. The van der Waals surface area contributed by atoms with Gasteiger partial charge in [-0.15, -0.1) is 0 Å². The first-order valence-electron chi connectivity index (χ1n) is 9.47. The number of hydrogen-bond donors (Lipinski definition) is 2. The molecular formula is C22H27N3O4. The minimum Gasteiger partial charge on any atom is -0.493 e. The van der Waals surface area contributed by atoms with Crippen molar-refractivity contribution >= 4 is 22.8 Å². The van der Waals surface area contributed by atoms with E-state index in [-0.39, 0.29) is 11.4 Å². The maximum Gasteiger partial charge on any atom is 0.319 e. The van der Waals surface area contributed by atoms with E-state index in [1.165, 1.54) is 0 Å². The highest BCUT2D eigenvalue weighted by molar-refractivity contribution is 5.91. The van der Waals surface area contributed by atoms with Crippen molar-refractivity contribution in [3.8, 4) is 11.5 Å². The number of nitrogens with one attached hydrogen (secondary N) is 2. The van der Waals surface area contributed by atoms with E-state index in [2.05, 4.69) is 15.6 Å². The van der Waals surface area contributed by atoms with E-state index in [0.29, 0.717) is 41.6 Å². The molecular weight excluding hydrogens is 370 g/mol. The molecule has 0 aliphatic rings. The zero-order chi connectivity index (χ0) is 21.0. The first-order chi connectivity index (χ1) is 13.8. The van der Waals surface area contributed by atoms with Crippen LogP contribution in [-0.2, 0) is 11.8 Å². The van der Waals surface area contributed by atoms with Crippen molar-refractivity contribution in [3.63, 3.8) is 0 Å². The van der Waals surface area contributed by atoms with E-state index in [9.17, 15) is 4.79 Å². The van der Waals surface area contributed by atoms with E-state index in [0.717, 1.165) is 11.1 Å². The zero-order valence-corrected chi connectivity index (χ0v) is 17.5. The number of oxazole rings is 1. The van der Waals surface area contributed by atoms with Crippen LogP contribution in [0.1, 0.15) is 32.2 Å². The molecule has 0 atom stereocenters. The molecule has 0 saturated heterocycles. The molecule has 7 heteroatoms. The third-order valence-corrected chi connectivity index (χ3v) is 4.43. The quantitative estimate of drug-likeness (QED) is 0.639. The van der Waals surface area contributed by atoms with Gasteiger partial charge < -0.3 is 24.5 Å². The van der Waals surface area contributed by atoms with Gasteiger partial charge in [0.25, 0.3) is 0 Å². The molecule has 0 fully saturated rings. The van der Waals surface area contributed by atoms with E-state index >= 15 is 0 Å². The molecule has 0 aliphatic heterocycles. The number of benzene rings is 2. The maximum absolute atomic E-state index is 12.2. The maximum atomic E-state index is 12.2. The summed E-state index contributed by atoms with van der Waals surface area (Å²) in [6, 6.07) is 10.9. The van der Waals surface area contributed by atoms with Crippen molar-refractivity contribution in [2.45, 2.75) is 32.6 Å². The third-order valence-electron chi connectivity index (χ3n) is 4.43. The zero-order valence-electron chi connectivity index (χ0n) is 17.5. The smallest absolute Gasteiger partial charge is 0.319 e. The Balaban J connectivity index is 1.57. The number of amides is 2. The molecule has 2 N–H and O–H groups in total. The number of aromatic nitrogens is 1. The molecule has 0 radical (unpaired) electrons. The van der Waals surface area contributed by atoms with Gasteiger partial charge in [-0.05, 0) is 42.3 Å². The monoisotopic (exact) mass is 397 g/mol. The molecule has 0 saturated carbocycles. The molecule has 2 aromatic carbocycles. The van der Waals surface area contributed by atoms with Crippen molar-refractivity contribution in [2.75, 3.05) is 26.1 Å². The number of rotatable bonds is 6. The third kappa shape index (κ3) is 4.99. The van der Waals surface area contributed by atoms with Crippen LogP contribution in [0.15, 0.2) is 40.8 Å². The number of anilines is 1. The minimum atomic E-state index is -0.274. The minimum absolute atomic E-state index is 0.172. The predicted molar refractivity (Wildman–Crippen MR) is 113 cm³/mol. The summed E-state index contributed by atoms with van der Waals surface area (Å²) in [7, 11) is 3.20. The lowest BCUT2D eigenvalue weighted by Crippen LogP contribution is -2.30. The highest BCUT2D eigenvalue weighted by Gasteiger charge is 2.21. The highest BCUT2D eigenvalue weighted by Crippen LogP contribution is 2.28. The number of hydrogen-bond acceptors (Lipinski definition) is 5. The summed E-state index contributed by atoms with van der Waals surface area (Å²) in [5, 5.41) is 5.69. The van der Waals surface area contributed by atoms with Crippen molar-refractivity contribution in [3.05, 3.63) is 47.9 Å². The molecule has 3 aromatic rings. The van der Waals surface area contributed by atoms with Gasteiger partial charge in [0.1, 0.15) is 5.52 Å². The Bertz CT molecular complexity index is 1000. The molecule has 0 unspecified atom stereocenters. The number of ether oxygens (including phenoxy) is 2. The van der Waals surface area contributed by atoms with E-state index in [1.807, 2.05) is 51.1 Å². The van der Waals surface area contributed by atoms with Gasteiger partial charge in [-0.2, -0.15) is 0 Å². The van der Waals surface area contributed by atoms with Crippen molar-refractivity contribution < 1.29 is 18.7 Å². The van der Waals surface area contributed by atoms with Gasteiger partial charge in [0.05, 0.1) is 14.2 Å². The molecule has 29 heavy (non-hydrogen) atoms. The molecule has 3 rings (SSSR count). The Morgan fingerprint density at radius 1 is 1.07 bits per heavy atom. The second kappa shape index (κ2) is 8.43. The van der Waals surface area contributed by atoms with Crippen LogP contribution >= 0.6 is 0 Å². The molecule has 0 aliphatic carbocycles. The Hall–Kier alpha value is -3.22. The second-order valence-electron chi connectivity index (χ2n) is 7.77. The van der Waals surface area contributed by atoms with E-state index in [4.69, 9.17) is 13.9 Å². The summed E-state index contributed by atoms with van der Waals surface area (Å²) in [5.41, 5.74) is 2.96. The molecule has 7 nitrogen and oxygen atoms in total. The van der Waals surface area contributed by atoms with Crippen LogP contribution in [0.25, 0.3) is 11.1 Å². The van der Waals surface area contributed by atoms with Crippen LogP contribution in [0.2, 0.25) is 0 Å². The Kier molecular flexibility index (Phi) is 5.96. The molecule has 0 bridgehead atoms. The van der Waals surface area contributed by atoms with Gasteiger partial charge >= 0.3 is 6.03 Å². The standard InChI is InChI=1S/C22H27N3O4/c1-22(2,3)20-25-16-13-15(7-9-17(16)29-20)24-21(26)23-11-10-14-6-8-18(27-4)19(12-14)28-5/h6-9,12-13H,10-11H2,1-5H3,(H2,23,24,26). The summed E-state index contributed by atoms with van der Waals surface area (Å²) < 4.78 is 16.3. The molecule has 1 heterocycles. The summed E-state index contributed by atoms with van der Waals surface area (Å²) in [4.78, 5) is 16.7. The number of carbonyl (C=O) groups excluding carboxylic acids is 1. The largest absolute Gasteiger partial charge is 0.493 e. The van der Waals surface area contributed by atoms with Gasteiger partial charge in [-0.1, -0.05) is 26.8 Å². The van der Waals surface area contributed by atoms with Crippen LogP contribution < -0.4 is 20.1 Å². The SMILES string of the molecule is COc1ccc(CCNC(=O)Nc2ccc3oc(C(C)(C)C)nc3c2)cc1OC.